The van der Waals surface area contributed by atoms with Crippen LogP contribution in [0.2, 0.25) is 0 Å². The molecule has 0 radical (unpaired) electrons. The summed E-state index contributed by atoms with van der Waals surface area (Å²) in [7, 11) is 1.70. The quantitative estimate of drug-likeness (QED) is 0.556. The molecule has 0 fully saturated rings. The molecule has 1 rings (SSSR count). The Hall–Kier alpha value is -0.840. The summed E-state index contributed by atoms with van der Waals surface area (Å²) in [5, 5.41) is 3.32. The summed E-state index contributed by atoms with van der Waals surface area (Å²) in [6.45, 7) is 8.90. The minimum atomic E-state index is 0.674. The summed E-state index contributed by atoms with van der Waals surface area (Å²) < 4.78 is 11.8. The highest BCUT2D eigenvalue weighted by Gasteiger charge is 2.02. The average Bonchev–Trinajstić information content (AvgIpc) is 2.37. The summed E-state index contributed by atoms with van der Waals surface area (Å²) in [6, 6.07) is 6.05. The van der Waals surface area contributed by atoms with Crippen LogP contribution in [0.3, 0.4) is 0 Å². The van der Waals surface area contributed by atoms with Gasteiger partial charge in [0.15, 0.2) is 0 Å². The van der Waals surface area contributed by atoms with E-state index in [2.05, 4.69) is 33.9 Å². The number of ether oxygens (including phenoxy) is 2. The molecule has 0 atom stereocenters. The van der Waals surface area contributed by atoms with Crippen LogP contribution in [-0.2, 0) is 11.3 Å². The van der Waals surface area contributed by atoms with Crippen LogP contribution in [0.1, 0.15) is 18.9 Å². The third kappa shape index (κ3) is 6.76. The molecule has 0 amide bonds. The smallest absolute Gasteiger partial charge is 0.119 e. The van der Waals surface area contributed by atoms with E-state index in [0.717, 1.165) is 35.3 Å². The maximum atomic E-state index is 5.71. The highest BCUT2D eigenvalue weighted by Crippen LogP contribution is 2.22. The minimum absolute atomic E-state index is 0.674. The largest absolute Gasteiger partial charge is 0.493 e. The summed E-state index contributed by atoms with van der Waals surface area (Å²) in [4.78, 5) is 0. The Morgan fingerprint density at radius 2 is 2.16 bits per heavy atom. The molecule has 0 aliphatic rings. The minimum Gasteiger partial charge on any atom is -0.493 e. The molecule has 3 nitrogen and oxygen atoms in total. The van der Waals surface area contributed by atoms with Gasteiger partial charge >= 0.3 is 0 Å². The van der Waals surface area contributed by atoms with Crippen LogP contribution < -0.4 is 10.1 Å². The highest BCUT2D eigenvalue weighted by molar-refractivity contribution is 9.10. The third-order valence-electron chi connectivity index (χ3n) is 2.61. The second kappa shape index (κ2) is 9.13. The van der Waals surface area contributed by atoms with Crippen molar-refractivity contribution in [3.63, 3.8) is 0 Å². The van der Waals surface area contributed by atoms with Gasteiger partial charge in [-0.15, -0.1) is 6.58 Å². The molecule has 0 aliphatic carbocycles. The van der Waals surface area contributed by atoms with E-state index in [1.54, 1.807) is 7.11 Å². The van der Waals surface area contributed by atoms with E-state index in [1.807, 2.05) is 19.1 Å². The molecule has 19 heavy (non-hydrogen) atoms. The van der Waals surface area contributed by atoms with Gasteiger partial charge in [-0.25, -0.2) is 0 Å². The van der Waals surface area contributed by atoms with Gasteiger partial charge in [0.1, 0.15) is 5.75 Å². The van der Waals surface area contributed by atoms with Crippen LogP contribution >= 0.6 is 15.9 Å². The molecule has 1 aromatic rings. The van der Waals surface area contributed by atoms with Gasteiger partial charge in [0.25, 0.3) is 0 Å². The lowest BCUT2D eigenvalue weighted by atomic mass is 10.2. The average molecular weight is 328 g/mol. The molecule has 0 aromatic heterocycles. The molecule has 0 saturated carbocycles. The van der Waals surface area contributed by atoms with Crippen molar-refractivity contribution in [2.24, 2.45) is 0 Å². The van der Waals surface area contributed by atoms with Gasteiger partial charge in [-0.2, -0.15) is 0 Å². The Bertz CT molecular complexity index is 407. The molecule has 0 unspecified atom stereocenters. The number of hydrogen-bond acceptors (Lipinski definition) is 3. The predicted molar refractivity (Wildman–Crippen MR) is 82.7 cm³/mol. The van der Waals surface area contributed by atoms with Crippen LogP contribution in [0.5, 0.6) is 5.75 Å². The standard InChI is InChI=1S/C15H22BrNO2/c1-12(2)6-8-19-14-4-5-15(16)13(10-14)11-17-7-9-18-3/h4-5,10,17H,1,6-9,11H2,2-3H3. The van der Waals surface area contributed by atoms with Gasteiger partial charge in [-0.3, -0.25) is 0 Å². The molecule has 0 spiro atoms. The van der Waals surface area contributed by atoms with E-state index < -0.39 is 0 Å². The normalized spacial score (nSPS) is 10.5. The van der Waals surface area contributed by atoms with Crippen molar-refractivity contribution in [1.82, 2.24) is 5.32 Å². The molecule has 1 N–H and O–H groups in total. The number of halogens is 1. The van der Waals surface area contributed by atoms with E-state index in [4.69, 9.17) is 9.47 Å². The van der Waals surface area contributed by atoms with Crippen LogP contribution in [0, 0.1) is 0 Å². The zero-order chi connectivity index (χ0) is 14.1. The van der Waals surface area contributed by atoms with E-state index in [0.29, 0.717) is 13.2 Å². The summed E-state index contributed by atoms with van der Waals surface area (Å²) in [5.41, 5.74) is 2.32. The van der Waals surface area contributed by atoms with Crippen molar-refractivity contribution in [1.29, 1.82) is 0 Å². The van der Waals surface area contributed by atoms with Gasteiger partial charge in [-0.1, -0.05) is 21.5 Å². The molecule has 106 valence electrons. The van der Waals surface area contributed by atoms with Crippen molar-refractivity contribution in [3.05, 3.63) is 40.4 Å². The molecular weight excluding hydrogens is 306 g/mol. The van der Waals surface area contributed by atoms with Gasteiger partial charge in [0, 0.05) is 31.1 Å². The number of nitrogens with one attached hydrogen (secondary N) is 1. The number of benzene rings is 1. The van der Waals surface area contributed by atoms with Gasteiger partial charge in [0.2, 0.25) is 0 Å². The maximum absolute atomic E-state index is 5.71. The Morgan fingerprint density at radius 3 is 2.84 bits per heavy atom. The summed E-state index contributed by atoms with van der Waals surface area (Å²) in [5.74, 6) is 0.896. The number of methoxy groups -OCH3 is 1. The Morgan fingerprint density at radius 1 is 1.37 bits per heavy atom. The topological polar surface area (TPSA) is 30.5 Å². The first kappa shape index (κ1) is 16.2. The van der Waals surface area contributed by atoms with Crippen molar-refractivity contribution < 1.29 is 9.47 Å². The van der Waals surface area contributed by atoms with Crippen molar-refractivity contribution in [3.8, 4) is 5.75 Å². The van der Waals surface area contributed by atoms with Crippen LogP contribution in [0.15, 0.2) is 34.8 Å². The second-order valence-electron chi connectivity index (χ2n) is 4.48. The van der Waals surface area contributed by atoms with Crippen LogP contribution in [0.4, 0.5) is 0 Å². The second-order valence-corrected chi connectivity index (χ2v) is 5.33. The molecular formula is C15H22BrNO2. The fourth-order valence-electron chi connectivity index (χ4n) is 1.52. The van der Waals surface area contributed by atoms with Crippen molar-refractivity contribution in [2.45, 2.75) is 19.9 Å². The van der Waals surface area contributed by atoms with Crippen LogP contribution in [-0.4, -0.2) is 26.9 Å². The molecule has 0 heterocycles. The van der Waals surface area contributed by atoms with Crippen LogP contribution in [0.25, 0.3) is 0 Å². The first-order valence-corrected chi connectivity index (χ1v) is 7.18. The van der Waals surface area contributed by atoms with E-state index in [1.165, 1.54) is 5.56 Å². The lowest BCUT2D eigenvalue weighted by Gasteiger charge is -2.10. The molecule has 0 aliphatic heterocycles. The molecule has 0 bridgehead atoms. The van der Waals surface area contributed by atoms with Gasteiger partial charge < -0.3 is 14.8 Å². The number of hydrogen-bond donors (Lipinski definition) is 1. The fourth-order valence-corrected chi connectivity index (χ4v) is 1.90. The van der Waals surface area contributed by atoms with E-state index >= 15 is 0 Å². The van der Waals surface area contributed by atoms with E-state index in [-0.39, 0.29) is 0 Å². The Labute approximate surface area is 124 Å². The number of rotatable bonds is 9. The molecule has 0 saturated heterocycles. The Kier molecular flexibility index (Phi) is 7.79. The zero-order valence-electron chi connectivity index (χ0n) is 11.7. The maximum Gasteiger partial charge on any atom is 0.119 e. The molecule has 1 aromatic carbocycles. The summed E-state index contributed by atoms with van der Waals surface area (Å²) in [6.07, 6.45) is 0.886. The first-order valence-electron chi connectivity index (χ1n) is 6.38. The Balaban J connectivity index is 2.48. The fraction of sp³-hybridized carbons (Fsp3) is 0.467. The summed E-state index contributed by atoms with van der Waals surface area (Å²) >= 11 is 3.55. The van der Waals surface area contributed by atoms with Gasteiger partial charge in [0.05, 0.1) is 13.2 Å². The lowest BCUT2D eigenvalue weighted by Crippen LogP contribution is -2.18. The van der Waals surface area contributed by atoms with Crippen molar-refractivity contribution in [2.75, 3.05) is 26.9 Å². The van der Waals surface area contributed by atoms with Gasteiger partial charge in [-0.05, 0) is 30.7 Å². The molecule has 4 heteroatoms. The first-order chi connectivity index (χ1) is 9.13. The monoisotopic (exact) mass is 327 g/mol. The van der Waals surface area contributed by atoms with E-state index in [9.17, 15) is 0 Å². The predicted octanol–water partition coefficient (Wildman–Crippen LogP) is 3.53. The lowest BCUT2D eigenvalue weighted by molar-refractivity contribution is 0.199. The SMILES string of the molecule is C=C(C)CCOc1ccc(Br)c(CNCCOC)c1. The zero-order valence-corrected chi connectivity index (χ0v) is 13.3. The highest BCUT2D eigenvalue weighted by atomic mass is 79.9. The third-order valence-corrected chi connectivity index (χ3v) is 3.39. The van der Waals surface area contributed by atoms with Crippen molar-refractivity contribution >= 4 is 15.9 Å².